The van der Waals surface area contributed by atoms with Crippen molar-refractivity contribution in [2.24, 2.45) is 0 Å². The molecule has 7 heteroatoms. The zero-order valence-corrected chi connectivity index (χ0v) is 14.8. The van der Waals surface area contributed by atoms with E-state index in [-0.39, 0.29) is 11.9 Å². The van der Waals surface area contributed by atoms with E-state index < -0.39 is 0 Å². The zero-order chi connectivity index (χ0) is 17.6. The predicted molar refractivity (Wildman–Crippen MR) is 94.9 cm³/mol. The molecule has 7 nitrogen and oxygen atoms in total. The van der Waals surface area contributed by atoms with Crippen molar-refractivity contribution < 1.29 is 4.79 Å². The Balaban J connectivity index is 1.68. The van der Waals surface area contributed by atoms with Crippen LogP contribution in [-0.4, -0.2) is 49.9 Å². The summed E-state index contributed by atoms with van der Waals surface area (Å²) in [6.07, 6.45) is 9.62. The van der Waals surface area contributed by atoms with Crippen LogP contribution in [0.4, 0.5) is 5.82 Å². The molecule has 1 amide bonds. The van der Waals surface area contributed by atoms with Crippen molar-refractivity contribution in [3.63, 3.8) is 0 Å². The van der Waals surface area contributed by atoms with E-state index in [1.807, 2.05) is 17.9 Å². The molecule has 1 atom stereocenters. The highest BCUT2D eigenvalue weighted by molar-refractivity contribution is 5.73. The van der Waals surface area contributed by atoms with Crippen LogP contribution < -0.4 is 4.90 Å². The number of aromatic nitrogens is 4. The van der Waals surface area contributed by atoms with Gasteiger partial charge in [-0.1, -0.05) is 0 Å². The molecule has 1 saturated heterocycles. The molecular weight excluding hydrogens is 316 g/mol. The molecule has 0 spiro atoms. The molecule has 3 rings (SSSR count). The second-order valence-electron chi connectivity index (χ2n) is 6.48. The summed E-state index contributed by atoms with van der Waals surface area (Å²) in [6.45, 7) is 6.02. The molecule has 0 aromatic carbocycles. The summed E-state index contributed by atoms with van der Waals surface area (Å²) in [4.78, 5) is 33.1. The van der Waals surface area contributed by atoms with Gasteiger partial charge in [0, 0.05) is 62.3 Å². The van der Waals surface area contributed by atoms with Gasteiger partial charge in [-0.25, -0.2) is 19.9 Å². The van der Waals surface area contributed by atoms with Crippen molar-refractivity contribution in [1.29, 1.82) is 0 Å². The van der Waals surface area contributed by atoms with Crippen LogP contribution >= 0.6 is 0 Å². The Morgan fingerprint density at radius 3 is 2.72 bits per heavy atom. The highest BCUT2D eigenvalue weighted by Crippen LogP contribution is 2.22. The number of anilines is 1. The first-order valence-electron chi connectivity index (χ1n) is 8.68. The Labute approximate surface area is 148 Å². The van der Waals surface area contributed by atoms with Crippen LogP contribution in [-0.2, 0) is 11.3 Å². The first-order chi connectivity index (χ1) is 12.1. The van der Waals surface area contributed by atoms with Crippen molar-refractivity contribution in [3.05, 3.63) is 42.4 Å². The fourth-order valence-corrected chi connectivity index (χ4v) is 3.34. The molecule has 3 heterocycles. The van der Waals surface area contributed by atoms with E-state index in [0.29, 0.717) is 6.54 Å². The van der Waals surface area contributed by atoms with Gasteiger partial charge < -0.3 is 9.80 Å². The number of nitrogens with zero attached hydrogens (tertiary/aromatic N) is 6. The third kappa shape index (κ3) is 4.49. The molecule has 0 radical (unpaired) electrons. The Morgan fingerprint density at radius 1 is 1.20 bits per heavy atom. The second kappa shape index (κ2) is 8.00. The van der Waals surface area contributed by atoms with Gasteiger partial charge in [-0.2, -0.15) is 0 Å². The Morgan fingerprint density at radius 2 is 2.00 bits per heavy atom. The summed E-state index contributed by atoms with van der Waals surface area (Å²) in [5, 5.41) is 0. The average Bonchev–Trinajstić information content (AvgIpc) is 2.86. The van der Waals surface area contributed by atoms with Crippen LogP contribution in [0.2, 0.25) is 0 Å². The fourth-order valence-electron chi connectivity index (χ4n) is 3.34. The van der Waals surface area contributed by atoms with E-state index >= 15 is 0 Å². The number of carbonyl (C=O) groups is 1. The molecule has 2 aromatic rings. The zero-order valence-electron chi connectivity index (χ0n) is 14.8. The van der Waals surface area contributed by atoms with Crippen molar-refractivity contribution in [1.82, 2.24) is 24.8 Å². The first kappa shape index (κ1) is 17.3. The number of hydrogen-bond donors (Lipinski definition) is 0. The molecule has 0 bridgehead atoms. The van der Waals surface area contributed by atoms with E-state index in [0.717, 1.165) is 49.4 Å². The second-order valence-corrected chi connectivity index (χ2v) is 6.48. The quantitative estimate of drug-likeness (QED) is 0.847. The Bertz CT molecular complexity index is 708. The molecule has 2 aromatic heterocycles. The van der Waals surface area contributed by atoms with Gasteiger partial charge in [-0.3, -0.25) is 4.79 Å². The maximum absolute atomic E-state index is 12.2. The third-order valence-electron chi connectivity index (χ3n) is 4.62. The molecule has 132 valence electrons. The number of aryl methyl sites for hydroxylation is 1. The molecular formula is C18H24N6O. The van der Waals surface area contributed by atoms with Gasteiger partial charge in [0.15, 0.2) is 0 Å². The standard InChI is InChI=1S/C18H24N6O/c1-14-8-18(22-13-21-14)23-6-3-4-17(5-7-23)24(15(2)25)11-16-9-19-12-20-10-16/h8-10,12-13,17H,3-7,11H2,1-2H3. The minimum atomic E-state index is 0.0974. The Hall–Kier alpha value is -2.57. The van der Waals surface area contributed by atoms with E-state index in [4.69, 9.17) is 0 Å². The first-order valence-corrected chi connectivity index (χ1v) is 8.68. The number of rotatable bonds is 4. The number of hydrogen-bond acceptors (Lipinski definition) is 6. The minimum Gasteiger partial charge on any atom is -0.356 e. The average molecular weight is 340 g/mol. The molecule has 1 aliphatic heterocycles. The number of amides is 1. The van der Waals surface area contributed by atoms with Crippen LogP contribution in [0.15, 0.2) is 31.1 Å². The lowest BCUT2D eigenvalue weighted by molar-refractivity contribution is -0.132. The van der Waals surface area contributed by atoms with Gasteiger partial charge in [-0.15, -0.1) is 0 Å². The summed E-state index contributed by atoms with van der Waals surface area (Å²) in [5.41, 5.74) is 1.94. The van der Waals surface area contributed by atoms with Crippen LogP contribution in [0.5, 0.6) is 0 Å². The topological polar surface area (TPSA) is 75.1 Å². The minimum absolute atomic E-state index is 0.0974. The summed E-state index contributed by atoms with van der Waals surface area (Å²) >= 11 is 0. The van der Waals surface area contributed by atoms with Gasteiger partial charge >= 0.3 is 0 Å². The monoisotopic (exact) mass is 340 g/mol. The van der Waals surface area contributed by atoms with Crippen molar-refractivity contribution >= 4 is 11.7 Å². The third-order valence-corrected chi connectivity index (χ3v) is 4.62. The van der Waals surface area contributed by atoms with Gasteiger partial charge in [0.05, 0.1) is 0 Å². The molecule has 25 heavy (non-hydrogen) atoms. The van der Waals surface area contributed by atoms with Gasteiger partial charge in [0.25, 0.3) is 0 Å². The highest BCUT2D eigenvalue weighted by Gasteiger charge is 2.25. The normalized spacial score (nSPS) is 17.8. The summed E-state index contributed by atoms with van der Waals surface area (Å²) in [7, 11) is 0. The van der Waals surface area contributed by atoms with E-state index in [1.54, 1.807) is 25.6 Å². The summed E-state index contributed by atoms with van der Waals surface area (Å²) in [5.74, 6) is 1.07. The van der Waals surface area contributed by atoms with Crippen LogP contribution in [0, 0.1) is 6.92 Å². The number of carbonyl (C=O) groups excluding carboxylic acids is 1. The lowest BCUT2D eigenvalue weighted by Gasteiger charge is -2.30. The van der Waals surface area contributed by atoms with Crippen molar-refractivity contribution in [2.45, 2.75) is 45.7 Å². The fraction of sp³-hybridized carbons (Fsp3) is 0.500. The Kier molecular flexibility index (Phi) is 5.53. The molecule has 0 aliphatic carbocycles. The van der Waals surface area contributed by atoms with Gasteiger partial charge in [0.1, 0.15) is 18.5 Å². The molecule has 1 aliphatic rings. The molecule has 1 fully saturated rings. The summed E-state index contributed by atoms with van der Waals surface area (Å²) in [6, 6.07) is 2.25. The van der Waals surface area contributed by atoms with Crippen LogP contribution in [0.1, 0.15) is 37.4 Å². The smallest absolute Gasteiger partial charge is 0.219 e. The van der Waals surface area contributed by atoms with E-state index in [1.165, 1.54) is 6.33 Å². The van der Waals surface area contributed by atoms with Crippen molar-refractivity contribution in [2.75, 3.05) is 18.0 Å². The van der Waals surface area contributed by atoms with Crippen LogP contribution in [0.25, 0.3) is 0 Å². The van der Waals surface area contributed by atoms with E-state index in [9.17, 15) is 4.79 Å². The maximum atomic E-state index is 12.2. The molecule has 0 N–H and O–H groups in total. The SMILES string of the molecule is CC(=O)N(Cc1cncnc1)C1CCCN(c2cc(C)ncn2)CC1. The lowest BCUT2D eigenvalue weighted by Crippen LogP contribution is -2.39. The van der Waals surface area contributed by atoms with E-state index in [2.05, 4.69) is 24.8 Å². The summed E-state index contributed by atoms with van der Waals surface area (Å²) < 4.78 is 0. The molecule has 0 saturated carbocycles. The largest absolute Gasteiger partial charge is 0.356 e. The molecule has 1 unspecified atom stereocenters. The predicted octanol–water partition coefficient (Wildman–Crippen LogP) is 1.98. The van der Waals surface area contributed by atoms with Crippen LogP contribution in [0.3, 0.4) is 0 Å². The van der Waals surface area contributed by atoms with Crippen molar-refractivity contribution in [3.8, 4) is 0 Å². The van der Waals surface area contributed by atoms with Gasteiger partial charge in [-0.05, 0) is 26.2 Å². The van der Waals surface area contributed by atoms with Gasteiger partial charge in [0.2, 0.25) is 5.91 Å². The highest BCUT2D eigenvalue weighted by atomic mass is 16.2. The lowest BCUT2D eigenvalue weighted by atomic mass is 10.1. The maximum Gasteiger partial charge on any atom is 0.219 e.